The van der Waals surface area contributed by atoms with E-state index in [1.807, 2.05) is 60.4 Å². The summed E-state index contributed by atoms with van der Waals surface area (Å²) in [7, 11) is 0. The molecule has 0 aliphatic carbocycles. The molecule has 1 amide bonds. The minimum atomic E-state index is 0.0988. The van der Waals surface area contributed by atoms with Gasteiger partial charge in [-0.3, -0.25) is 15.5 Å². The molecule has 1 aliphatic rings. The Bertz CT molecular complexity index is 1260. The van der Waals surface area contributed by atoms with Crippen molar-refractivity contribution in [3.63, 3.8) is 0 Å². The molecule has 7 heteroatoms. The van der Waals surface area contributed by atoms with Crippen LogP contribution >= 0.6 is 0 Å². The fraction of sp³-hybridized carbons (Fsp3) is 0.208. The lowest BCUT2D eigenvalue weighted by molar-refractivity contribution is 0.0793. The third-order valence-electron chi connectivity index (χ3n) is 5.97. The van der Waals surface area contributed by atoms with Crippen LogP contribution in [0.4, 0.5) is 5.69 Å². The lowest BCUT2D eigenvalue weighted by atomic mass is 10.0. The van der Waals surface area contributed by atoms with Gasteiger partial charge >= 0.3 is 0 Å². The molecule has 0 bridgehead atoms. The van der Waals surface area contributed by atoms with E-state index in [-0.39, 0.29) is 5.91 Å². The molecule has 0 atom stereocenters. The van der Waals surface area contributed by atoms with Gasteiger partial charge < -0.3 is 9.88 Å². The van der Waals surface area contributed by atoms with Crippen molar-refractivity contribution in [3.8, 4) is 22.5 Å². The molecule has 1 saturated heterocycles. The fourth-order valence-electron chi connectivity index (χ4n) is 4.22. The summed E-state index contributed by atoms with van der Waals surface area (Å²) >= 11 is 0. The van der Waals surface area contributed by atoms with Gasteiger partial charge in [0, 0.05) is 35.3 Å². The van der Waals surface area contributed by atoms with Crippen molar-refractivity contribution in [2.24, 2.45) is 0 Å². The number of aromatic amines is 1. The van der Waals surface area contributed by atoms with Gasteiger partial charge in [-0.2, -0.15) is 0 Å². The number of likely N-dealkylation sites (tertiary alicyclic amines) is 1. The summed E-state index contributed by atoms with van der Waals surface area (Å²) in [5, 5.41) is 10.3. The SMILES string of the molecule is Cc1c(NO)cccc1-c1ncnc2[nH]c(-c3ccc(C(=O)N4CCCC4)cc3)cc12. The highest BCUT2D eigenvalue weighted by Crippen LogP contribution is 2.33. The van der Waals surface area contributed by atoms with E-state index >= 15 is 0 Å². The highest BCUT2D eigenvalue weighted by atomic mass is 16.5. The van der Waals surface area contributed by atoms with Gasteiger partial charge in [0.15, 0.2) is 0 Å². The predicted octanol–water partition coefficient (Wildman–Crippen LogP) is 4.64. The van der Waals surface area contributed by atoms with Gasteiger partial charge in [-0.15, -0.1) is 0 Å². The molecule has 2 aromatic carbocycles. The summed E-state index contributed by atoms with van der Waals surface area (Å²) in [6.45, 7) is 3.62. The van der Waals surface area contributed by atoms with Gasteiger partial charge in [-0.05, 0) is 55.2 Å². The summed E-state index contributed by atoms with van der Waals surface area (Å²) in [4.78, 5) is 26.8. The number of benzene rings is 2. The first-order valence-electron chi connectivity index (χ1n) is 10.4. The minimum Gasteiger partial charge on any atom is -0.339 e. The molecule has 2 aromatic heterocycles. The van der Waals surface area contributed by atoms with Crippen molar-refractivity contribution in [1.82, 2.24) is 19.9 Å². The summed E-state index contributed by atoms with van der Waals surface area (Å²) in [6.07, 6.45) is 3.70. The monoisotopic (exact) mass is 413 g/mol. The Morgan fingerprint density at radius 3 is 2.61 bits per heavy atom. The van der Waals surface area contributed by atoms with Crippen molar-refractivity contribution in [2.75, 3.05) is 18.6 Å². The van der Waals surface area contributed by atoms with Crippen LogP contribution in [0.1, 0.15) is 28.8 Å². The molecule has 31 heavy (non-hydrogen) atoms. The summed E-state index contributed by atoms with van der Waals surface area (Å²) < 4.78 is 0. The van der Waals surface area contributed by atoms with Gasteiger partial charge in [0.05, 0.1) is 11.4 Å². The third-order valence-corrected chi connectivity index (χ3v) is 5.97. The standard InChI is InChI=1S/C24H23N5O2/c1-15-18(5-4-6-20(15)28-31)22-19-13-21(27-23(19)26-14-25-22)16-7-9-17(10-8-16)24(30)29-11-2-3-12-29/h4-10,13-14,28,31H,2-3,11-12H2,1H3,(H,25,26,27). The first-order chi connectivity index (χ1) is 15.2. The second-order valence-electron chi connectivity index (χ2n) is 7.83. The van der Waals surface area contributed by atoms with E-state index in [9.17, 15) is 10.0 Å². The Morgan fingerprint density at radius 2 is 1.87 bits per heavy atom. The van der Waals surface area contributed by atoms with Gasteiger partial charge in [-0.1, -0.05) is 24.3 Å². The van der Waals surface area contributed by atoms with Crippen molar-refractivity contribution in [1.29, 1.82) is 0 Å². The number of nitrogens with one attached hydrogen (secondary N) is 2. The molecule has 3 heterocycles. The molecule has 0 saturated carbocycles. The first kappa shape index (κ1) is 19.3. The molecule has 1 aliphatic heterocycles. The van der Waals surface area contributed by atoms with Crippen molar-refractivity contribution < 1.29 is 10.0 Å². The lowest BCUT2D eigenvalue weighted by Gasteiger charge is -2.15. The number of rotatable bonds is 4. The van der Waals surface area contributed by atoms with Crippen molar-refractivity contribution in [3.05, 3.63) is 66.0 Å². The minimum absolute atomic E-state index is 0.0988. The molecular formula is C24H23N5O2. The molecule has 156 valence electrons. The Labute approximate surface area is 179 Å². The first-order valence-corrected chi connectivity index (χ1v) is 10.4. The highest BCUT2D eigenvalue weighted by molar-refractivity contribution is 5.97. The Hall–Kier alpha value is -3.71. The van der Waals surface area contributed by atoms with Gasteiger partial charge in [0.2, 0.25) is 0 Å². The van der Waals surface area contributed by atoms with E-state index < -0.39 is 0 Å². The van der Waals surface area contributed by atoms with Crippen LogP contribution in [0, 0.1) is 6.92 Å². The van der Waals surface area contributed by atoms with Crippen LogP contribution in [-0.2, 0) is 0 Å². The second kappa shape index (κ2) is 7.85. The topological polar surface area (TPSA) is 94.1 Å². The molecular weight excluding hydrogens is 390 g/mol. The maximum absolute atomic E-state index is 12.6. The molecule has 7 nitrogen and oxygen atoms in total. The zero-order valence-electron chi connectivity index (χ0n) is 17.2. The van der Waals surface area contributed by atoms with Crippen LogP contribution in [-0.4, -0.2) is 44.1 Å². The molecule has 0 unspecified atom stereocenters. The van der Waals surface area contributed by atoms with Crippen LogP contribution in [0.2, 0.25) is 0 Å². The van der Waals surface area contributed by atoms with Gasteiger partial charge in [0.25, 0.3) is 5.91 Å². The van der Waals surface area contributed by atoms with E-state index in [0.717, 1.165) is 65.0 Å². The smallest absolute Gasteiger partial charge is 0.253 e. The molecule has 0 spiro atoms. The number of carbonyl (C=O) groups excluding carboxylic acids is 1. The number of hydrogen-bond donors (Lipinski definition) is 3. The van der Waals surface area contributed by atoms with Crippen molar-refractivity contribution >= 4 is 22.6 Å². The average Bonchev–Trinajstić information content (AvgIpc) is 3.49. The highest BCUT2D eigenvalue weighted by Gasteiger charge is 2.19. The van der Waals surface area contributed by atoms with E-state index in [4.69, 9.17) is 0 Å². The largest absolute Gasteiger partial charge is 0.339 e. The number of nitrogens with zero attached hydrogens (tertiary/aromatic N) is 3. The number of fused-ring (bicyclic) bond motifs is 1. The maximum Gasteiger partial charge on any atom is 0.253 e. The quantitative estimate of drug-likeness (QED) is 0.424. The normalized spacial score (nSPS) is 13.7. The number of anilines is 1. The fourth-order valence-corrected chi connectivity index (χ4v) is 4.22. The number of hydrogen-bond acceptors (Lipinski definition) is 5. The zero-order chi connectivity index (χ0) is 21.4. The van der Waals surface area contributed by atoms with Crippen molar-refractivity contribution in [2.45, 2.75) is 19.8 Å². The number of aromatic nitrogens is 3. The van der Waals surface area contributed by atoms with Gasteiger partial charge in [-0.25, -0.2) is 9.97 Å². The molecule has 0 radical (unpaired) electrons. The van der Waals surface area contributed by atoms with E-state index in [1.165, 1.54) is 6.33 Å². The van der Waals surface area contributed by atoms with E-state index in [2.05, 4.69) is 20.4 Å². The Kier molecular flexibility index (Phi) is 4.88. The second-order valence-corrected chi connectivity index (χ2v) is 7.83. The summed E-state index contributed by atoms with van der Waals surface area (Å²) in [6, 6.07) is 15.4. The van der Waals surface area contributed by atoms with Crippen LogP contribution in [0.3, 0.4) is 0 Å². The summed E-state index contributed by atoms with van der Waals surface area (Å²) in [5.74, 6) is 0.0988. The summed E-state index contributed by atoms with van der Waals surface area (Å²) in [5.41, 5.74) is 8.82. The molecule has 1 fully saturated rings. The number of amides is 1. The van der Waals surface area contributed by atoms with Crippen LogP contribution < -0.4 is 5.48 Å². The van der Waals surface area contributed by atoms with Crippen LogP contribution in [0.25, 0.3) is 33.5 Å². The van der Waals surface area contributed by atoms with Gasteiger partial charge in [0.1, 0.15) is 12.0 Å². The maximum atomic E-state index is 12.6. The van der Waals surface area contributed by atoms with E-state index in [0.29, 0.717) is 11.3 Å². The Balaban J connectivity index is 1.51. The molecule has 3 N–H and O–H groups in total. The van der Waals surface area contributed by atoms with Crippen LogP contribution in [0.5, 0.6) is 0 Å². The lowest BCUT2D eigenvalue weighted by Crippen LogP contribution is -2.27. The van der Waals surface area contributed by atoms with Crippen LogP contribution in [0.15, 0.2) is 54.9 Å². The third kappa shape index (κ3) is 3.43. The van der Waals surface area contributed by atoms with E-state index in [1.54, 1.807) is 0 Å². The predicted molar refractivity (Wildman–Crippen MR) is 120 cm³/mol. The average molecular weight is 413 g/mol. The molecule has 5 rings (SSSR count). The molecule has 4 aromatic rings. The number of carbonyl (C=O) groups is 1. The Morgan fingerprint density at radius 1 is 1.10 bits per heavy atom. The number of H-pyrrole nitrogens is 1. The zero-order valence-corrected chi connectivity index (χ0v) is 17.2.